The Kier molecular flexibility index (Phi) is 2.11. The van der Waals surface area contributed by atoms with Gasteiger partial charge in [-0.1, -0.05) is 23.2 Å². The minimum Gasteiger partial charge on any atom is -0.478 e. The molecule has 0 amide bonds. The number of dihydropyridines is 1. The lowest BCUT2D eigenvalue weighted by atomic mass is 10.2. The maximum Gasteiger partial charge on any atom is 0.350 e. The van der Waals surface area contributed by atoms with E-state index in [1.807, 2.05) is 0 Å². The molecule has 0 aliphatic carbocycles. The fourth-order valence-corrected chi connectivity index (χ4v) is 0.977. The van der Waals surface area contributed by atoms with E-state index in [-0.39, 0.29) is 5.03 Å². The van der Waals surface area contributed by atoms with Gasteiger partial charge >= 0.3 is 5.97 Å². The van der Waals surface area contributed by atoms with Crippen LogP contribution in [-0.2, 0) is 4.79 Å². The molecule has 0 saturated carbocycles. The number of halogens is 2. The zero-order valence-corrected chi connectivity index (χ0v) is 6.86. The van der Waals surface area contributed by atoms with Gasteiger partial charge in [-0.3, -0.25) is 0 Å². The second kappa shape index (κ2) is 2.75. The molecule has 3 nitrogen and oxygen atoms in total. The van der Waals surface area contributed by atoms with Crippen LogP contribution in [-0.4, -0.2) is 16.1 Å². The van der Waals surface area contributed by atoms with Crippen LogP contribution in [0.15, 0.2) is 23.4 Å². The van der Waals surface area contributed by atoms with E-state index in [2.05, 4.69) is 5.32 Å². The van der Waals surface area contributed by atoms with Gasteiger partial charge in [0.2, 0.25) is 5.00 Å². The summed E-state index contributed by atoms with van der Waals surface area (Å²) in [5, 5.41) is 11.1. The molecule has 1 atom stereocenters. The Bertz CT molecular complexity index is 249. The molecule has 11 heavy (non-hydrogen) atoms. The van der Waals surface area contributed by atoms with E-state index in [1.165, 1.54) is 12.3 Å². The van der Waals surface area contributed by atoms with Crippen molar-refractivity contribution in [3.05, 3.63) is 23.4 Å². The first-order chi connectivity index (χ1) is 5.07. The molecule has 60 valence electrons. The van der Waals surface area contributed by atoms with Crippen molar-refractivity contribution in [3.8, 4) is 0 Å². The van der Waals surface area contributed by atoms with Crippen molar-refractivity contribution in [2.24, 2.45) is 0 Å². The van der Waals surface area contributed by atoms with Crippen molar-refractivity contribution in [2.75, 3.05) is 0 Å². The molecule has 1 heterocycles. The number of carboxylic acid groups (broad SMARTS) is 1. The first-order valence-corrected chi connectivity index (χ1v) is 3.56. The normalized spacial score (nSPS) is 29.1. The van der Waals surface area contributed by atoms with Crippen LogP contribution < -0.4 is 5.32 Å². The van der Waals surface area contributed by atoms with Crippen LogP contribution in [0.1, 0.15) is 0 Å². The van der Waals surface area contributed by atoms with Crippen LogP contribution in [0.5, 0.6) is 0 Å². The van der Waals surface area contributed by atoms with Gasteiger partial charge in [-0.05, 0) is 18.4 Å². The van der Waals surface area contributed by atoms with E-state index >= 15 is 0 Å². The van der Waals surface area contributed by atoms with Gasteiger partial charge in [0.1, 0.15) is 0 Å². The molecule has 5 heteroatoms. The van der Waals surface area contributed by atoms with Gasteiger partial charge in [-0.2, -0.15) is 0 Å². The topological polar surface area (TPSA) is 49.3 Å². The lowest BCUT2D eigenvalue weighted by molar-refractivity contribution is -0.139. The zero-order valence-electron chi connectivity index (χ0n) is 5.34. The maximum atomic E-state index is 10.5. The molecule has 0 fully saturated rings. The molecule has 0 radical (unpaired) electrons. The van der Waals surface area contributed by atoms with Gasteiger partial charge in [0, 0.05) is 0 Å². The van der Waals surface area contributed by atoms with Crippen LogP contribution in [0.3, 0.4) is 0 Å². The van der Waals surface area contributed by atoms with Gasteiger partial charge in [-0.15, -0.1) is 0 Å². The third-order valence-corrected chi connectivity index (χ3v) is 2.23. The summed E-state index contributed by atoms with van der Waals surface area (Å²) < 4.78 is 0. The molecule has 1 rings (SSSR count). The summed E-state index contributed by atoms with van der Waals surface area (Å²) in [5.41, 5.74) is 0. The summed E-state index contributed by atoms with van der Waals surface area (Å²) in [5.74, 6) is -1.22. The molecule has 0 aromatic heterocycles. The number of carboxylic acids is 1. The maximum absolute atomic E-state index is 10.5. The van der Waals surface area contributed by atoms with E-state index < -0.39 is 11.0 Å². The Hall–Kier alpha value is -0.670. The summed E-state index contributed by atoms with van der Waals surface area (Å²) in [6.45, 7) is 0. The average molecular weight is 194 g/mol. The predicted octanol–water partition coefficient (Wildman–Crippen LogP) is 1.25. The Morgan fingerprint density at radius 3 is 2.73 bits per heavy atom. The molecular weight excluding hydrogens is 189 g/mol. The fourth-order valence-electron chi connectivity index (χ4n) is 0.643. The van der Waals surface area contributed by atoms with Crippen molar-refractivity contribution in [3.63, 3.8) is 0 Å². The van der Waals surface area contributed by atoms with Crippen LogP contribution in [0.4, 0.5) is 0 Å². The van der Waals surface area contributed by atoms with Crippen molar-refractivity contribution < 1.29 is 9.90 Å². The molecular formula is C6H5Cl2NO2. The van der Waals surface area contributed by atoms with Crippen LogP contribution in [0, 0.1) is 0 Å². The van der Waals surface area contributed by atoms with E-state index in [9.17, 15) is 4.79 Å². The summed E-state index contributed by atoms with van der Waals surface area (Å²) in [6.07, 6.45) is 4.43. The lowest BCUT2D eigenvalue weighted by Crippen LogP contribution is -2.45. The quantitative estimate of drug-likeness (QED) is 0.487. The summed E-state index contributed by atoms with van der Waals surface area (Å²) in [6, 6.07) is 0. The number of rotatable bonds is 1. The number of alkyl halides is 1. The molecule has 0 spiro atoms. The molecule has 1 aliphatic heterocycles. The van der Waals surface area contributed by atoms with Crippen molar-refractivity contribution in [1.29, 1.82) is 0 Å². The highest BCUT2D eigenvalue weighted by Crippen LogP contribution is 2.28. The number of allylic oxidation sites excluding steroid dienone is 2. The summed E-state index contributed by atoms with van der Waals surface area (Å²) >= 11 is 11.2. The minimum atomic E-state index is -1.68. The number of hydrogen-bond donors (Lipinski definition) is 2. The van der Waals surface area contributed by atoms with Gasteiger partial charge < -0.3 is 10.4 Å². The first-order valence-electron chi connectivity index (χ1n) is 2.80. The van der Waals surface area contributed by atoms with Crippen LogP contribution in [0.2, 0.25) is 0 Å². The van der Waals surface area contributed by atoms with Crippen LogP contribution >= 0.6 is 23.2 Å². The van der Waals surface area contributed by atoms with E-state index in [0.717, 1.165) is 0 Å². The number of aliphatic carboxylic acids is 1. The molecule has 0 bridgehead atoms. The van der Waals surface area contributed by atoms with Crippen molar-refractivity contribution in [1.82, 2.24) is 5.32 Å². The third kappa shape index (κ3) is 1.34. The SMILES string of the molecule is O=C(O)C1(Cl)NC=CC=C1Cl. The molecule has 0 aromatic carbocycles. The number of carbonyl (C=O) groups is 1. The van der Waals surface area contributed by atoms with E-state index in [4.69, 9.17) is 28.3 Å². The van der Waals surface area contributed by atoms with Gasteiger partial charge in [0.25, 0.3) is 0 Å². The first kappa shape index (κ1) is 8.43. The minimum absolute atomic E-state index is 0.0502. The van der Waals surface area contributed by atoms with Gasteiger partial charge in [-0.25, -0.2) is 4.79 Å². The number of hydrogen-bond acceptors (Lipinski definition) is 2. The largest absolute Gasteiger partial charge is 0.478 e. The smallest absolute Gasteiger partial charge is 0.350 e. The Balaban J connectivity index is 2.97. The number of nitrogens with one attached hydrogen (secondary N) is 1. The molecule has 2 N–H and O–H groups in total. The standard InChI is InChI=1S/C6H5Cl2NO2/c7-4-2-1-3-9-6(4,8)5(10)11/h1-3,9H,(H,10,11). The summed E-state index contributed by atoms with van der Waals surface area (Å²) in [7, 11) is 0. The van der Waals surface area contributed by atoms with E-state index in [0.29, 0.717) is 0 Å². The molecule has 0 aromatic rings. The Morgan fingerprint density at radius 1 is 1.73 bits per heavy atom. The molecule has 1 aliphatic rings. The molecule has 1 unspecified atom stereocenters. The second-order valence-corrected chi connectivity index (χ2v) is 2.96. The highest BCUT2D eigenvalue weighted by molar-refractivity contribution is 6.45. The summed E-state index contributed by atoms with van der Waals surface area (Å²) in [4.78, 5) is 8.85. The second-order valence-electron chi connectivity index (χ2n) is 1.98. The Morgan fingerprint density at radius 2 is 2.36 bits per heavy atom. The highest BCUT2D eigenvalue weighted by Gasteiger charge is 2.39. The average Bonchev–Trinajstić information content (AvgIpc) is 1.95. The van der Waals surface area contributed by atoms with Crippen LogP contribution in [0.25, 0.3) is 0 Å². The van der Waals surface area contributed by atoms with Gasteiger partial charge in [0.05, 0.1) is 5.03 Å². The highest BCUT2D eigenvalue weighted by atomic mass is 35.5. The zero-order chi connectivity index (χ0) is 8.48. The third-order valence-electron chi connectivity index (χ3n) is 1.24. The Labute approximate surface area is 73.3 Å². The van der Waals surface area contributed by atoms with Gasteiger partial charge in [0.15, 0.2) is 0 Å². The van der Waals surface area contributed by atoms with Crippen molar-refractivity contribution >= 4 is 29.2 Å². The van der Waals surface area contributed by atoms with E-state index in [1.54, 1.807) is 6.08 Å². The molecule has 0 saturated heterocycles. The fraction of sp³-hybridized carbons (Fsp3) is 0.167. The predicted molar refractivity (Wildman–Crippen MR) is 42.4 cm³/mol. The monoisotopic (exact) mass is 193 g/mol. The van der Waals surface area contributed by atoms with Crippen molar-refractivity contribution in [2.45, 2.75) is 5.00 Å². The lowest BCUT2D eigenvalue weighted by Gasteiger charge is -2.23.